The smallest absolute Gasteiger partial charge is 0.342 e. The molecule has 0 aliphatic rings. The first-order chi connectivity index (χ1) is 9.95. The van der Waals surface area contributed by atoms with Crippen LogP contribution in [0.4, 0.5) is 10.2 Å². The van der Waals surface area contributed by atoms with Crippen LogP contribution in [0.25, 0.3) is 5.69 Å². The van der Waals surface area contributed by atoms with Crippen molar-refractivity contribution in [2.45, 2.75) is 18.4 Å². The largest absolute Gasteiger partial charge is 0.477 e. The van der Waals surface area contributed by atoms with E-state index in [1.165, 1.54) is 28.6 Å². The number of nitrogens with zero attached hydrogens (tertiary/aromatic N) is 2. The monoisotopic (exact) mass is 329 g/mol. The van der Waals surface area contributed by atoms with Crippen molar-refractivity contribution in [1.82, 2.24) is 9.78 Å². The minimum Gasteiger partial charge on any atom is -0.477 e. The van der Waals surface area contributed by atoms with E-state index in [2.05, 4.69) is 5.10 Å². The van der Waals surface area contributed by atoms with E-state index in [9.17, 15) is 14.3 Å². The molecule has 0 radical (unpaired) electrons. The van der Waals surface area contributed by atoms with Crippen LogP contribution in [0.15, 0.2) is 23.2 Å². The normalized spacial score (nSPS) is 10.8. The second-order valence-corrected chi connectivity index (χ2v) is 5.72. The summed E-state index contributed by atoms with van der Waals surface area (Å²) < 4.78 is 14.7. The van der Waals surface area contributed by atoms with Gasteiger partial charge in [0.1, 0.15) is 22.2 Å². The first kappa shape index (κ1) is 15.7. The topological polar surface area (TPSA) is 81.1 Å². The van der Waals surface area contributed by atoms with Gasteiger partial charge in [-0.25, -0.2) is 13.9 Å². The lowest BCUT2D eigenvalue weighted by atomic mass is 10.3. The van der Waals surface area contributed by atoms with E-state index >= 15 is 0 Å². The number of benzene rings is 1. The highest BCUT2D eigenvalue weighted by molar-refractivity contribution is 7.99. The van der Waals surface area contributed by atoms with Crippen LogP contribution in [-0.2, 0) is 0 Å². The quantitative estimate of drug-likeness (QED) is 0.821. The summed E-state index contributed by atoms with van der Waals surface area (Å²) in [5.41, 5.74) is 6.10. The Morgan fingerprint density at radius 1 is 1.57 bits per heavy atom. The van der Waals surface area contributed by atoms with E-state index in [1.807, 2.05) is 6.92 Å². The van der Waals surface area contributed by atoms with Gasteiger partial charge in [0, 0.05) is 6.07 Å². The maximum absolute atomic E-state index is 13.5. The molecule has 0 amide bonds. The Bertz CT molecular complexity index is 690. The average Bonchev–Trinajstić information content (AvgIpc) is 2.76. The van der Waals surface area contributed by atoms with Crippen molar-refractivity contribution >= 4 is 35.1 Å². The number of carboxylic acids is 1. The van der Waals surface area contributed by atoms with Crippen molar-refractivity contribution in [2.24, 2.45) is 0 Å². The highest BCUT2D eigenvalue weighted by Crippen LogP contribution is 2.30. The second-order valence-electron chi connectivity index (χ2n) is 4.23. The lowest BCUT2D eigenvalue weighted by molar-refractivity contribution is 0.0694. The van der Waals surface area contributed by atoms with Gasteiger partial charge in [0.15, 0.2) is 0 Å². The fourth-order valence-corrected chi connectivity index (χ4v) is 2.72. The lowest BCUT2D eigenvalue weighted by Gasteiger charge is -2.04. The van der Waals surface area contributed by atoms with Crippen LogP contribution in [0.2, 0.25) is 5.02 Å². The minimum absolute atomic E-state index is 0.0245. The molecule has 1 heterocycles. The van der Waals surface area contributed by atoms with Crippen LogP contribution in [-0.4, -0.2) is 26.6 Å². The van der Waals surface area contributed by atoms with E-state index in [1.54, 1.807) is 0 Å². The highest BCUT2D eigenvalue weighted by atomic mass is 35.5. The zero-order valence-electron chi connectivity index (χ0n) is 11.1. The molecule has 0 fully saturated rings. The molecule has 3 N–H and O–H groups in total. The van der Waals surface area contributed by atoms with Gasteiger partial charge < -0.3 is 10.8 Å². The number of hydrogen-bond acceptors (Lipinski definition) is 4. The SMILES string of the molecule is CCCSc1nn(-c2ccc(Cl)c(F)c2)c(N)c1C(=O)O. The van der Waals surface area contributed by atoms with Crippen molar-refractivity contribution in [1.29, 1.82) is 0 Å². The Kier molecular flexibility index (Phi) is 4.74. The summed E-state index contributed by atoms with van der Waals surface area (Å²) in [6.07, 6.45) is 0.867. The van der Waals surface area contributed by atoms with Crippen LogP contribution in [0, 0.1) is 5.82 Å². The predicted octanol–water partition coefficient (Wildman–Crippen LogP) is 3.45. The molecule has 112 valence electrons. The van der Waals surface area contributed by atoms with Gasteiger partial charge in [0.25, 0.3) is 0 Å². The van der Waals surface area contributed by atoms with Crippen LogP contribution >= 0.6 is 23.4 Å². The number of aromatic carboxylic acids is 1. The molecule has 0 saturated carbocycles. The summed E-state index contributed by atoms with van der Waals surface area (Å²) in [6, 6.07) is 4.05. The Morgan fingerprint density at radius 2 is 2.29 bits per heavy atom. The van der Waals surface area contributed by atoms with Crippen LogP contribution in [0.5, 0.6) is 0 Å². The molecule has 1 aromatic carbocycles. The summed E-state index contributed by atoms with van der Waals surface area (Å²) in [5.74, 6) is -1.11. The Balaban J connectivity index is 2.53. The number of anilines is 1. The van der Waals surface area contributed by atoms with Crippen molar-refractivity contribution in [3.8, 4) is 5.69 Å². The van der Waals surface area contributed by atoms with Gasteiger partial charge in [-0.3, -0.25) is 0 Å². The van der Waals surface area contributed by atoms with E-state index in [0.29, 0.717) is 16.5 Å². The lowest BCUT2D eigenvalue weighted by Crippen LogP contribution is -2.06. The van der Waals surface area contributed by atoms with Gasteiger partial charge in [-0.2, -0.15) is 5.10 Å². The summed E-state index contributed by atoms with van der Waals surface area (Å²) in [4.78, 5) is 11.3. The van der Waals surface area contributed by atoms with E-state index in [-0.39, 0.29) is 16.4 Å². The Morgan fingerprint density at radius 3 is 2.86 bits per heavy atom. The third-order valence-corrected chi connectivity index (χ3v) is 4.17. The maximum atomic E-state index is 13.5. The third-order valence-electron chi connectivity index (χ3n) is 2.69. The van der Waals surface area contributed by atoms with Crippen molar-refractivity contribution < 1.29 is 14.3 Å². The molecule has 2 rings (SSSR count). The number of thioether (sulfide) groups is 1. The van der Waals surface area contributed by atoms with Crippen LogP contribution in [0.3, 0.4) is 0 Å². The average molecular weight is 330 g/mol. The number of hydrogen-bond donors (Lipinski definition) is 2. The van der Waals surface area contributed by atoms with E-state index < -0.39 is 11.8 Å². The van der Waals surface area contributed by atoms with Gasteiger partial charge in [-0.15, -0.1) is 11.8 Å². The third kappa shape index (κ3) is 3.14. The molecule has 0 unspecified atom stereocenters. The Hall–Kier alpha value is -1.73. The summed E-state index contributed by atoms with van der Waals surface area (Å²) in [7, 11) is 0. The summed E-state index contributed by atoms with van der Waals surface area (Å²) in [5, 5.41) is 13.7. The molecule has 5 nitrogen and oxygen atoms in total. The summed E-state index contributed by atoms with van der Waals surface area (Å²) in [6.45, 7) is 1.97. The second kappa shape index (κ2) is 6.36. The molecule has 0 aliphatic carbocycles. The number of halogens is 2. The van der Waals surface area contributed by atoms with Gasteiger partial charge in [-0.05, 0) is 24.3 Å². The number of rotatable bonds is 5. The van der Waals surface area contributed by atoms with Crippen molar-refractivity contribution in [3.63, 3.8) is 0 Å². The minimum atomic E-state index is -1.16. The summed E-state index contributed by atoms with van der Waals surface area (Å²) >= 11 is 6.93. The molecule has 1 aromatic heterocycles. The Labute approximate surface area is 129 Å². The zero-order valence-corrected chi connectivity index (χ0v) is 12.7. The first-order valence-corrected chi connectivity index (χ1v) is 7.52. The molecule has 0 aliphatic heterocycles. The van der Waals surface area contributed by atoms with Gasteiger partial charge >= 0.3 is 5.97 Å². The van der Waals surface area contributed by atoms with E-state index in [4.69, 9.17) is 17.3 Å². The molecule has 0 bridgehead atoms. The van der Waals surface area contributed by atoms with E-state index in [0.717, 1.165) is 12.5 Å². The molecule has 0 saturated heterocycles. The molecule has 2 aromatic rings. The fraction of sp³-hybridized carbons (Fsp3) is 0.231. The molecule has 0 spiro atoms. The zero-order chi connectivity index (χ0) is 15.6. The molecule has 8 heteroatoms. The number of nitrogen functional groups attached to an aromatic ring is 1. The van der Waals surface area contributed by atoms with Gasteiger partial charge in [0.05, 0.1) is 10.7 Å². The highest BCUT2D eigenvalue weighted by Gasteiger charge is 2.22. The number of carboxylic acid groups (broad SMARTS) is 1. The van der Waals surface area contributed by atoms with Crippen molar-refractivity contribution in [3.05, 3.63) is 34.6 Å². The van der Waals surface area contributed by atoms with Crippen LogP contribution in [0.1, 0.15) is 23.7 Å². The molecular weight excluding hydrogens is 317 g/mol. The van der Waals surface area contributed by atoms with Crippen LogP contribution < -0.4 is 5.73 Å². The number of carbonyl (C=O) groups is 1. The maximum Gasteiger partial charge on any atom is 0.342 e. The van der Waals surface area contributed by atoms with Gasteiger partial charge in [-0.1, -0.05) is 18.5 Å². The van der Waals surface area contributed by atoms with Gasteiger partial charge in [0.2, 0.25) is 0 Å². The standard InChI is InChI=1S/C13H13ClFN3O2S/c1-2-5-21-12-10(13(19)20)11(16)18(17-12)7-3-4-8(14)9(15)6-7/h3-4,6H,2,5,16H2,1H3,(H,19,20). The first-order valence-electron chi connectivity index (χ1n) is 6.15. The number of nitrogens with two attached hydrogens (primary N) is 1. The molecule has 21 heavy (non-hydrogen) atoms. The molecular formula is C13H13ClFN3O2S. The van der Waals surface area contributed by atoms with Crippen molar-refractivity contribution in [2.75, 3.05) is 11.5 Å². The molecule has 0 atom stereocenters. The number of aromatic nitrogens is 2. The predicted molar refractivity (Wildman–Crippen MR) is 80.9 cm³/mol. The fourth-order valence-electron chi connectivity index (χ4n) is 1.72.